The quantitative estimate of drug-likeness (QED) is 0.570. The molecule has 1 heterocycles. The topological polar surface area (TPSA) is 143 Å². The number of carboxylic acids is 2. The van der Waals surface area contributed by atoms with E-state index in [9.17, 15) is 19.2 Å². The Kier molecular flexibility index (Phi) is 5.62. The number of nitrogens with one attached hydrogen (secondary N) is 1. The SMILES string of the molecule is O=C(O)CCC(NC(=O)COc1ccc2c3c(c(=O)oc2c1)CCC3)C(=O)O. The zero-order chi connectivity index (χ0) is 20.3. The lowest BCUT2D eigenvalue weighted by Crippen LogP contribution is -2.43. The molecule has 3 N–H and O–H groups in total. The minimum atomic E-state index is -1.32. The lowest BCUT2D eigenvalue weighted by Gasteiger charge is -2.14. The Morgan fingerprint density at radius 2 is 1.93 bits per heavy atom. The molecule has 2 aromatic rings. The maximum absolute atomic E-state index is 12.0. The fourth-order valence-electron chi connectivity index (χ4n) is 3.26. The molecule has 1 aliphatic rings. The van der Waals surface area contributed by atoms with Gasteiger partial charge in [0.25, 0.3) is 5.91 Å². The first kappa shape index (κ1) is 19.4. The lowest BCUT2D eigenvalue weighted by molar-refractivity contribution is -0.143. The molecule has 9 heteroatoms. The highest BCUT2D eigenvalue weighted by atomic mass is 16.5. The zero-order valence-electron chi connectivity index (χ0n) is 14.9. The van der Waals surface area contributed by atoms with E-state index in [0.717, 1.165) is 23.8 Å². The van der Waals surface area contributed by atoms with Crippen molar-refractivity contribution in [2.75, 3.05) is 6.61 Å². The molecule has 3 rings (SSSR count). The normalized spacial score (nSPS) is 13.7. The number of amides is 1. The molecule has 1 amide bonds. The van der Waals surface area contributed by atoms with E-state index in [1.165, 1.54) is 6.07 Å². The van der Waals surface area contributed by atoms with E-state index in [1.54, 1.807) is 12.1 Å². The van der Waals surface area contributed by atoms with Crippen molar-refractivity contribution in [3.8, 4) is 5.75 Å². The van der Waals surface area contributed by atoms with Gasteiger partial charge in [0.05, 0.1) is 0 Å². The van der Waals surface area contributed by atoms with Gasteiger partial charge in [0.2, 0.25) is 0 Å². The highest BCUT2D eigenvalue weighted by Crippen LogP contribution is 2.29. The molecule has 0 saturated carbocycles. The Hall–Kier alpha value is -3.36. The van der Waals surface area contributed by atoms with Crippen LogP contribution in [0.15, 0.2) is 27.4 Å². The van der Waals surface area contributed by atoms with Crippen molar-refractivity contribution in [3.05, 3.63) is 39.7 Å². The molecule has 0 radical (unpaired) electrons. The van der Waals surface area contributed by atoms with Gasteiger partial charge >= 0.3 is 17.6 Å². The van der Waals surface area contributed by atoms with Gasteiger partial charge in [0.15, 0.2) is 6.61 Å². The van der Waals surface area contributed by atoms with E-state index in [4.69, 9.17) is 19.4 Å². The molecule has 0 saturated heterocycles. The molecule has 148 valence electrons. The number of benzene rings is 1. The summed E-state index contributed by atoms with van der Waals surface area (Å²) in [6.45, 7) is -0.461. The van der Waals surface area contributed by atoms with E-state index in [-0.39, 0.29) is 18.5 Å². The van der Waals surface area contributed by atoms with Crippen molar-refractivity contribution in [2.45, 2.75) is 38.1 Å². The van der Waals surface area contributed by atoms with Crippen LogP contribution in [0.2, 0.25) is 0 Å². The molecule has 0 bridgehead atoms. The molecule has 9 nitrogen and oxygen atoms in total. The second-order valence-corrected chi connectivity index (χ2v) is 6.54. The predicted molar refractivity (Wildman–Crippen MR) is 96.4 cm³/mol. The Morgan fingerprint density at radius 3 is 2.64 bits per heavy atom. The minimum absolute atomic E-state index is 0.233. The fraction of sp³-hybridized carbons (Fsp3) is 0.368. The molecular weight excluding hydrogens is 370 g/mol. The van der Waals surface area contributed by atoms with Crippen LogP contribution in [0.1, 0.15) is 30.4 Å². The highest BCUT2D eigenvalue weighted by Gasteiger charge is 2.22. The number of rotatable bonds is 8. The third-order valence-corrected chi connectivity index (χ3v) is 4.60. The maximum Gasteiger partial charge on any atom is 0.339 e. The van der Waals surface area contributed by atoms with Crippen LogP contribution in [0.5, 0.6) is 5.75 Å². The van der Waals surface area contributed by atoms with Gasteiger partial charge in [0.1, 0.15) is 17.4 Å². The van der Waals surface area contributed by atoms with Gasteiger partial charge in [0, 0.05) is 23.4 Å². The molecule has 1 atom stereocenters. The van der Waals surface area contributed by atoms with E-state index in [1.807, 2.05) is 0 Å². The number of aryl methyl sites for hydroxylation is 1. The van der Waals surface area contributed by atoms with Crippen LogP contribution in [-0.2, 0) is 27.2 Å². The van der Waals surface area contributed by atoms with Crippen LogP contribution in [0.4, 0.5) is 0 Å². The standard InChI is InChI=1S/C19H19NO8/c21-16(20-14(18(24)25)6-7-17(22)23)9-27-10-4-5-12-11-2-1-3-13(11)19(26)28-15(12)8-10/h4-5,8,14H,1-3,6-7,9H2,(H,20,21)(H,22,23)(H,24,25). The summed E-state index contributed by atoms with van der Waals surface area (Å²) < 4.78 is 10.7. The van der Waals surface area contributed by atoms with Crippen molar-refractivity contribution in [3.63, 3.8) is 0 Å². The van der Waals surface area contributed by atoms with Gasteiger partial charge in [-0.1, -0.05) is 0 Å². The lowest BCUT2D eigenvalue weighted by atomic mass is 10.1. The Balaban J connectivity index is 1.65. The average Bonchev–Trinajstić information content (AvgIpc) is 3.13. The summed E-state index contributed by atoms with van der Waals surface area (Å²) in [5.74, 6) is -2.88. The Labute approximate surface area is 158 Å². The number of carbonyl (C=O) groups excluding carboxylic acids is 1. The van der Waals surface area contributed by atoms with E-state index in [0.29, 0.717) is 23.3 Å². The molecule has 28 heavy (non-hydrogen) atoms. The van der Waals surface area contributed by atoms with Crippen LogP contribution in [0.3, 0.4) is 0 Å². The number of hydrogen-bond acceptors (Lipinski definition) is 6. The van der Waals surface area contributed by atoms with Crippen LogP contribution < -0.4 is 15.7 Å². The molecular formula is C19H19NO8. The van der Waals surface area contributed by atoms with Crippen LogP contribution in [0.25, 0.3) is 11.0 Å². The van der Waals surface area contributed by atoms with E-state index in [2.05, 4.69) is 5.32 Å². The van der Waals surface area contributed by atoms with Crippen LogP contribution in [0, 0.1) is 0 Å². The molecule has 1 aromatic heterocycles. The van der Waals surface area contributed by atoms with E-state index < -0.39 is 30.5 Å². The molecule has 1 unspecified atom stereocenters. The third-order valence-electron chi connectivity index (χ3n) is 4.60. The number of fused-ring (bicyclic) bond motifs is 3. The van der Waals surface area contributed by atoms with Crippen molar-refractivity contribution in [2.24, 2.45) is 0 Å². The van der Waals surface area contributed by atoms with Gasteiger partial charge in [-0.25, -0.2) is 9.59 Å². The van der Waals surface area contributed by atoms with Gasteiger partial charge in [-0.15, -0.1) is 0 Å². The monoisotopic (exact) mass is 389 g/mol. The van der Waals surface area contributed by atoms with Crippen molar-refractivity contribution in [1.82, 2.24) is 5.32 Å². The second-order valence-electron chi connectivity index (χ2n) is 6.54. The van der Waals surface area contributed by atoms with Gasteiger partial charge in [-0.2, -0.15) is 0 Å². The van der Waals surface area contributed by atoms with Crippen molar-refractivity contribution in [1.29, 1.82) is 0 Å². The second kappa shape index (κ2) is 8.12. The maximum atomic E-state index is 12.0. The Bertz CT molecular complexity index is 993. The smallest absolute Gasteiger partial charge is 0.339 e. The van der Waals surface area contributed by atoms with E-state index >= 15 is 0 Å². The zero-order valence-corrected chi connectivity index (χ0v) is 14.9. The van der Waals surface area contributed by atoms with Gasteiger partial charge in [-0.05, 0) is 43.4 Å². The first-order chi connectivity index (χ1) is 13.3. The summed E-state index contributed by atoms with van der Waals surface area (Å²) in [5, 5.41) is 20.7. The number of carboxylic acid groups (broad SMARTS) is 2. The summed E-state index contributed by atoms with van der Waals surface area (Å²) in [6.07, 6.45) is 1.81. The molecule has 0 spiro atoms. The van der Waals surface area contributed by atoms with Crippen LogP contribution in [-0.4, -0.2) is 40.7 Å². The largest absolute Gasteiger partial charge is 0.484 e. The average molecular weight is 389 g/mol. The fourth-order valence-corrected chi connectivity index (χ4v) is 3.26. The van der Waals surface area contributed by atoms with Crippen molar-refractivity contribution >= 4 is 28.8 Å². The number of aliphatic carboxylic acids is 2. The predicted octanol–water partition coefficient (Wildman–Crippen LogP) is 1.09. The number of carbonyl (C=O) groups is 3. The molecule has 1 aromatic carbocycles. The summed E-state index contributed by atoms with van der Waals surface area (Å²) >= 11 is 0. The molecule has 0 fully saturated rings. The first-order valence-corrected chi connectivity index (χ1v) is 8.80. The third kappa shape index (κ3) is 4.30. The highest BCUT2D eigenvalue weighted by molar-refractivity contribution is 5.85. The number of hydrogen-bond donors (Lipinski definition) is 3. The summed E-state index contributed by atoms with van der Waals surface area (Å²) in [4.78, 5) is 45.6. The van der Waals surface area contributed by atoms with Crippen LogP contribution >= 0.6 is 0 Å². The Morgan fingerprint density at radius 1 is 1.18 bits per heavy atom. The number of ether oxygens (including phenoxy) is 1. The summed E-state index contributed by atoms with van der Waals surface area (Å²) in [5.41, 5.74) is 1.70. The van der Waals surface area contributed by atoms with Gasteiger partial charge in [-0.3, -0.25) is 9.59 Å². The summed E-state index contributed by atoms with van der Waals surface area (Å²) in [6, 6.07) is 3.61. The van der Waals surface area contributed by atoms with Gasteiger partial charge < -0.3 is 24.7 Å². The molecule has 0 aliphatic heterocycles. The molecule has 1 aliphatic carbocycles. The van der Waals surface area contributed by atoms with Crippen molar-refractivity contribution < 1.29 is 33.8 Å². The summed E-state index contributed by atoms with van der Waals surface area (Å²) in [7, 11) is 0. The minimum Gasteiger partial charge on any atom is -0.484 e. The first-order valence-electron chi connectivity index (χ1n) is 8.80.